The van der Waals surface area contributed by atoms with Crippen molar-refractivity contribution >= 4 is 5.91 Å². The molecule has 1 aromatic heterocycles. The van der Waals surface area contributed by atoms with Gasteiger partial charge in [-0.05, 0) is 24.6 Å². The molecule has 22 heavy (non-hydrogen) atoms. The molecular formula is C16H19NO5. The number of benzene rings is 1. The predicted octanol–water partition coefficient (Wildman–Crippen LogP) is 2.15. The van der Waals surface area contributed by atoms with Gasteiger partial charge in [-0.3, -0.25) is 4.79 Å². The van der Waals surface area contributed by atoms with Crippen molar-refractivity contribution in [2.24, 2.45) is 0 Å². The van der Waals surface area contributed by atoms with E-state index in [0.717, 1.165) is 0 Å². The molecule has 0 spiro atoms. The summed E-state index contributed by atoms with van der Waals surface area (Å²) in [5.41, 5.74) is 1.13. The van der Waals surface area contributed by atoms with Crippen molar-refractivity contribution in [2.45, 2.75) is 12.5 Å². The summed E-state index contributed by atoms with van der Waals surface area (Å²) < 4.78 is 15.2. The fraction of sp³-hybridized carbons (Fsp3) is 0.312. The third kappa shape index (κ3) is 4.02. The predicted molar refractivity (Wildman–Crippen MR) is 80.2 cm³/mol. The van der Waals surface area contributed by atoms with Gasteiger partial charge >= 0.3 is 0 Å². The van der Waals surface area contributed by atoms with Crippen LogP contribution >= 0.6 is 0 Å². The lowest BCUT2D eigenvalue weighted by Crippen LogP contribution is -2.25. The zero-order chi connectivity index (χ0) is 15.9. The van der Waals surface area contributed by atoms with Crippen LogP contribution in [0.4, 0.5) is 0 Å². The standard InChI is InChI=1S/C16H19NO5/c1-20-13-7-12(8-14(9-13)21-2)16(19)17-5-3-15(18)11-4-6-22-10-11/h4,6-10,15,18H,3,5H2,1-2H3,(H,17,19). The monoisotopic (exact) mass is 305 g/mol. The van der Waals surface area contributed by atoms with E-state index in [0.29, 0.717) is 35.6 Å². The van der Waals surface area contributed by atoms with Crippen LogP contribution in [0.1, 0.15) is 28.4 Å². The smallest absolute Gasteiger partial charge is 0.251 e. The van der Waals surface area contributed by atoms with E-state index in [1.165, 1.54) is 26.7 Å². The van der Waals surface area contributed by atoms with Crippen molar-refractivity contribution in [2.75, 3.05) is 20.8 Å². The number of ether oxygens (including phenoxy) is 2. The number of rotatable bonds is 7. The highest BCUT2D eigenvalue weighted by molar-refractivity contribution is 5.95. The molecule has 6 heteroatoms. The molecular weight excluding hydrogens is 286 g/mol. The molecule has 1 unspecified atom stereocenters. The lowest BCUT2D eigenvalue weighted by Gasteiger charge is -2.11. The highest BCUT2D eigenvalue weighted by atomic mass is 16.5. The molecule has 0 radical (unpaired) electrons. The van der Waals surface area contributed by atoms with E-state index in [1.54, 1.807) is 24.3 Å². The summed E-state index contributed by atoms with van der Waals surface area (Å²) in [4.78, 5) is 12.1. The molecule has 0 aliphatic carbocycles. The fourth-order valence-electron chi connectivity index (χ4n) is 1.99. The quantitative estimate of drug-likeness (QED) is 0.819. The van der Waals surface area contributed by atoms with E-state index in [-0.39, 0.29) is 5.91 Å². The van der Waals surface area contributed by atoms with Crippen LogP contribution in [0.25, 0.3) is 0 Å². The Labute approximate surface area is 128 Å². The second kappa shape index (κ2) is 7.51. The minimum absolute atomic E-state index is 0.253. The molecule has 2 rings (SSSR count). The van der Waals surface area contributed by atoms with Gasteiger partial charge in [-0.1, -0.05) is 0 Å². The molecule has 0 fully saturated rings. The van der Waals surface area contributed by atoms with Crippen molar-refractivity contribution in [1.82, 2.24) is 5.32 Å². The number of hydrogen-bond donors (Lipinski definition) is 2. The summed E-state index contributed by atoms with van der Waals surface area (Å²) in [6.45, 7) is 0.338. The largest absolute Gasteiger partial charge is 0.497 e. The summed E-state index contributed by atoms with van der Waals surface area (Å²) in [5.74, 6) is 0.836. The Hall–Kier alpha value is -2.47. The third-order valence-corrected chi connectivity index (χ3v) is 3.24. The Bertz CT molecular complexity index is 587. The molecule has 2 N–H and O–H groups in total. The lowest BCUT2D eigenvalue weighted by atomic mass is 10.1. The number of carbonyl (C=O) groups excluding carboxylic acids is 1. The molecule has 1 heterocycles. The summed E-state index contributed by atoms with van der Waals surface area (Å²) >= 11 is 0. The Morgan fingerprint density at radius 1 is 1.27 bits per heavy atom. The van der Waals surface area contributed by atoms with Crippen molar-refractivity contribution in [3.63, 3.8) is 0 Å². The minimum Gasteiger partial charge on any atom is -0.497 e. The number of furan rings is 1. The van der Waals surface area contributed by atoms with Crippen LogP contribution < -0.4 is 14.8 Å². The Morgan fingerprint density at radius 2 is 1.95 bits per heavy atom. The molecule has 1 amide bonds. The topological polar surface area (TPSA) is 80.9 Å². The third-order valence-electron chi connectivity index (χ3n) is 3.24. The van der Waals surface area contributed by atoms with Gasteiger partial charge in [-0.2, -0.15) is 0 Å². The van der Waals surface area contributed by atoms with Gasteiger partial charge in [0.2, 0.25) is 0 Å². The molecule has 0 aliphatic heterocycles. The van der Waals surface area contributed by atoms with Gasteiger partial charge in [0.15, 0.2) is 0 Å². The maximum atomic E-state index is 12.1. The number of aliphatic hydroxyl groups is 1. The van der Waals surface area contributed by atoms with Gasteiger partial charge < -0.3 is 24.3 Å². The van der Waals surface area contributed by atoms with Crippen LogP contribution in [0.2, 0.25) is 0 Å². The van der Waals surface area contributed by atoms with E-state index >= 15 is 0 Å². The first kappa shape index (κ1) is 15.9. The maximum Gasteiger partial charge on any atom is 0.251 e. The Kier molecular flexibility index (Phi) is 5.43. The summed E-state index contributed by atoms with van der Waals surface area (Å²) in [6.07, 6.45) is 2.71. The van der Waals surface area contributed by atoms with Gasteiger partial charge in [-0.15, -0.1) is 0 Å². The number of carbonyl (C=O) groups is 1. The van der Waals surface area contributed by atoms with E-state index in [9.17, 15) is 9.90 Å². The molecule has 118 valence electrons. The molecule has 6 nitrogen and oxygen atoms in total. The lowest BCUT2D eigenvalue weighted by molar-refractivity contribution is 0.0942. The molecule has 0 saturated heterocycles. The van der Waals surface area contributed by atoms with E-state index in [1.807, 2.05) is 0 Å². The average Bonchev–Trinajstić information content (AvgIpc) is 3.08. The zero-order valence-electron chi connectivity index (χ0n) is 12.5. The van der Waals surface area contributed by atoms with Crippen molar-refractivity contribution in [3.8, 4) is 11.5 Å². The first-order valence-corrected chi connectivity index (χ1v) is 6.85. The van der Waals surface area contributed by atoms with Gasteiger partial charge in [0.05, 0.1) is 32.8 Å². The van der Waals surface area contributed by atoms with E-state index in [2.05, 4.69) is 5.32 Å². The van der Waals surface area contributed by atoms with Gasteiger partial charge in [0, 0.05) is 23.7 Å². The van der Waals surface area contributed by atoms with Crippen LogP contribution in [0.3, 0.4) is 0 Å². The normalized spacial score (nSPS) is 11.8. The van der Waals surface area contributed by atoms with Gasteiger partial charge in [0.25, 0.3) is 5.91 Å². The second-order valence-electron chi connectivity index (χ2n) is 4.72. The number of nitrogens with one attached hydrogen (secondary N) is 1. The van der Waals surface area contributed by atoms with Crippen molar-refractivity contribution < 1.29 is 23.8 Å². The number of amides is 1. The van der Waals surface area contributed by atoms with Crippen LogP contribution in [0.5, 0.6) is 11.5 Å². The van der Waals surface area contributed by atoms with Crippen LogP contribution in [0.15, 0.2) is 41.2 Å². The number of methoxy groups -OCH3 is 2. The van der Waals surface area contributed by atoms with E-state index < -0.39 is 6.10 Å². The summed E-state index contributed by atoms with van der Waals surface area (Å²) in [6, 6.07) is 6.65. The average molecular weight is 305 g/mol. The van der Waals surface area contributed by atoms with Crippen LogP contribution in [-0.4, -0.2) is 31.8 Å². The van der Waals surface area contributed by atoms with Crippen LogP contribution in [0, 0.1) is 0 Å². The zero-order valence-corrected chi connectivity index (χ0v) is 12.5. The molecule has 0 bridgehead atoms. The summed E-state index contributed by atoms with van der Waals surface area (Å²) in [5, 5.41) is 12.7. The highest BCUT2D eigenvalue weighted by Gasteiger charge is 2.12. The fourth-order valence-corrected chi connectivity index (χ4v) is 1.99. The maximum absolute atomic E-state index is 12.1. The minimum atomic E-state index is -0.668. The van der Waals surface area contributed by atoms with Crippen LogP contribution in [-0.2, 0) is 0 Å². The van der Waals surface area contributed by atoms with Gasteiger partial charge in [-0.25, -0.2) is 0 Å². The Morgan fingerprint density at radius 3 is 2.50 bits per heavy atom. The molecule has 2 aromatic rings. The van der Waals surface area contributed by atoms with Crippen molar-refractivity contribution in [1.29, 1.82) is 0 Å². The second-order valence-corrected chi connectivity index (χ2v) is 4.72. The van der Waals surface area contributed by atoms with Gasteiger partial charge in [0.1, 0.15) is 11.5 Å². The SMILES string of the molecule is COc1cc(OC)cc(C(=O)NCCC(O)c2ccoc2)c1. The number of hydrogen-bond acceptors (Lipinski definition) is 5. The molecule has 0 aliphatic rings. The molecule has 1 aromatic carbocycles. The van der Waals surface area contributed by atoms with E-state index in [4.69, 9.17) is 13.9 Å². The molecule has 0 saturated carbocycles. The first-order chi connectivity index (χ1) is 10.6. The first-order valence-electron chi connectivity index (χ1n) is 6.85. The Balaban J connectivity index is 1.92. The highest BCUT2D eigenvalue weighted by Crippen LogP contribution is 2.22. The molecule has 1 atom stereocenters. The van der Waals surface area contributed by atoms with Crippen molar-refractivity contribution in [3.05, 3.63) is 47.9 Å². The number of aliphatic hydroxyl groups excluding tert-OH is 1. The summed E-state index contributed by atoms with van der Waals surface area (Å²) in [7, 11) is 3.05.